The van der Waals surface area contributed by atoms with Gasteiger partial charge in [0.1, 0.15) is 0 Å². The van der Waals surface area contributed by atoms with Crippen LogP contribution in [0.4, 0.5) is 0 Å². The van der Waals surface area contributed by atoms with E-state index in [4.69, 9.17) is 14.2 Å². The minimum absolute atomic E-state index is 0.0530. The van der Waals surface area contributed by atoms with E-state index in [9.17, 15) is 9.90 Å². The molecule has 7 nitrogen and oxygen atoms in total. The van der Waals surface area contributed by atoms with Gasteiger partial charge in [-0.15, -0.1) is 0 Å². The molecule has 1 aromatic heterocycles. The molecule has 0 saturated heterocycles. The second kappa shape index (κ2) is 9.47. The number of rotatable bonds is 8. The molecule has 156 valence electrons. The lowest BCUT2D eigenvalue weighted by atomic mass is 9.81. The Labute approximate surface area is 175 Å². The van der Waals surface area contributed by atoms with Crippen molar-refractivity contribution in [2.75, 3.05) is 14.2 Å². The van der Waals surface area contributed by atoms with Crippen LogP contribution in [0.1, 0.15) is 22.5 Å². The summed E-state index contributed by atoms with van der Waals surface area (Å²) in [4.78, 5) is 21.4. The van der Waals surface area contributed by atoms with Gasteiger partial charge in [0, 0.05) is 12.8 Å². The maximum absolute atomic E-state index is 13.0. The van der Waals surface area contributed by atoms with Crippen LogP contribution < -0.4 is 4.74 Å². The van der Waals surface area contributed by atoms with Gasteiger partial charge in [0.05, 0.1) is 19.4 Å². The summed E-state index contributed by atoms with van der Waals surface area (Å²) in [5.41, 5.74) is 1.04. The Balaban J connectivity index is 2.21. The van der Waals surface area contributed by atoms with Gasteiger partial charge in [-0.1, -0.05) is 60.7 Å². The summed E-state index contributed by atoms with van der Waals surface area (Å²) in [6.07, 6.45) is -1.26. The minimum atomic E-state index is -1.33. The van der Waals surface area contributed by atoms with Gasteiger partial charge in [-0.3, -0.25) is 0 Å². The number of hydrogen-bond donors (Lipinski definition) is 1. The van der Waals surface area contributed by atoms with Gasteiger partial charge in [0.15, 0.2) is 5.60 Å². The Hall–Kier alpha value is -3.29. The highest BCUT2D eigenvalue weighted by atomic mass is 16.6. The first-order valence-corrected chi connectivity index (χ1v) is 9.41. The monoisotopic (exact) mass is 408 g/mol. The highest BCUT2D eigenvalue weighted by Crippen LogP contribution is 2.38. The number of carbonyl (C=O) groups is 1. The number of aliphatic hydroxyl groups excluding tert-OH is 1. The number of methoxy groups -OCH3 is 2. The highest BCUT2D eigenvalue weighted by Gasteiger charge is 2.50. The van der Waals surface area contributed by atoms with Crippen molar-refractivity contribution in [3.05, 3.63) is 89.2 Å². The molecule has 0 amide bonds. The molecule has 7 heteroatoms. The average Bonchev–Trinajstić information content (AvgIpc) is 2.79. The number of ether oxygens (including phenoxy) is 3. The molecular formula is C23H24N2O5. The second-order valence-corrected chi connectivity index (χ2v) is 6.63. The summed E-state index contributed by atoms with van der Waals surface area (Å²) in [6, 6.07) is 20.2. The molecule has 1 unspecified atom stereocenters. The van der Waals surface area contributed by atoms with Crippen molar-refractivity contribution >= 4 is 5.97 Å². The fourth-order valence-corrected chi connectivity index (χ4v) is 3.43. The molecule has 3 rings (SSSR count). The number of aryl methyl sites for hydroxylation is 1. The topological polar surface area (TPSA) is 90.8 Å². The Morgan fingerprint density at radius 2 is 1.57 bits per heavy atom. The first kappa shape index (κ1) is 21.4. The van der Waals surface area contributed by atoms with Crippen LogP contribution in [0.15, 0.2) is 66.7 Å². The molecule has 0 aliphatic rings. The molecule has 0 aliphatic heterocycles. The number of aromatic nitrogens is 2. The van der Waals surface area contributed by atoms with Crippen molar-refractivity contribution in [3.63, 3.8) is 0 Å². The number of benzene rings is 2. The maximum atomic E-state index is 13.0. The highest BCUT2D eigenvalue weighted by molar-refractivity contribution is 5.78. The normalized spacial score (nSPS) is 12.3. The van der Waals surface area contributed by atoms with Crippen molar-refractivity contribution in [1.82, 2.24) is 9.97 Å². The maximum Gasteiger partial charge on any atom is 0.351 e. The van der Waals surface area contributed by atoms with Crippen LogP contribution in [0.5, 0.6) is 6.01 Å². The van der Waals surface area contributed by atoms with E-state index >= 15 is 0 Å². The van der Waals surface area contributed by atoms with E-state index in [2.05, 4.69) is 9.97 Å². The SMILES string of the molecule is COC(=O)C(Oc1nc(C)cc(CO)n1)C(OC)(c1ccccc1)c1ccccc1. The Morgan fingerprint density at radius 3 is 2.03 bits per heavy atom. The largest absolute Gasteiger partial charge is 0.466 e. The molecule has 0 radical (unpaired) electrons. The van der Waals surface area contributed by atoms with E-state index in [-0.39, 0.29) is 12.6 Å². The van der Waals surface area contributed by atoms with Crippen LogP contribution in [0.2, 0.25) is 0 Å². The van der Waals surface area contributed by atoms with E-state index in [0.29, 0.717) is 22.5 Å². The van der Waals surface area contributed by atoms with Crippen molar-refractivity contribution in [1.29, 1.82) is 0 Å². The fraction of sp³-hybridized carbons (Fsp3) is 0.261. The van der Waals surface area contributed by atoms with Crippen molar-refractivity contribution < 1.29 is 24.1 Å². The molecule has 0 spiro atoms. The molecule has 0 saturated carbocycles. The molecule has 2 aromatic carbocycles. The molecule has 30 heavy (non-hydrogen) atoms. The molecule has 0 aliphatic carbocycles. The Kier molecular flexibility index (Phi) is 6.76. The summed E-state index contributed by atoms with van der Waals surface area (Å²) in [5, 5.41) is 9.48. The van der Waals surface area contributed by atoms with Crippen LogP contribution in [0, 0.1) is 6.92 Å². The van der Waals surface area contributed by atoms with Crippen molar-refractivity contribution in [3.8, 4) is 6.01 Å². The lowest BCUT2D eigenvalue weighted by molar-refractivity contribution is -0.164. The third kappa shape index (κ3) is 4.17. The number of esters is 1. The molecule has 0 bridgehead atoms. The third-order valence-electron chi connectivity index (χ3n) is 4.78. The summed E-state index contributed by atoms with van der Waals surface area (Å²) in [6.45, 7) is 1.47. The number of carbonyl (C=O) groups excluding carboxylic acids is 1. The van der Waals surface area contributed by atoms with Crippen LogP contribution in [-0.4, -0.2) is 41.4 Å². The summed E-state index contributed by atoms with van der Waals surface area (Å²) >= 11 is 0. The third-order valence-corrected chi connectivity index (χ3v) is 4.78. The first-order valence-electron chi connectivity index (χ1n) is 9.41. The zero-order valence-electron chi connectivity index (χ0n) is 17.1. The predicted molar refractivity (Wildman–Crippen MR) is 110 cm³/mol. The molecule has 1 heterocycles. The number of nitrogens with zero attached hydrogens (tertiary/aromatic N) is 2. The average molecular weight is 408 g/mol. The van der Waals surface area contributed by atoms with Crippen molar-refractivity contribution in [2.24, 2.45) is 0 Å². The molecule has 3 aromatic rings. The summed E-state index contributed by atoms with van der Waals surface area (Å²) < 4.78 is 17.1. The van der Waals surface area contributed by atoms with Gasteiger partial charge >= 0.3 is 12.0 Å². The lowest BCUT2D eigenvalue weighted by Gasteiger charge is -2.38. The first-order chi connectivity index (χ1) is 14.5. The molecule has 1 N–H and O–H groups in total. The second-order valence-electron chi connectivity index (χ2n) is 6.63. The number of hydrogen-bond acceptors (Lipinski definition) is 7. The smallest absolute Gasteiger partial charge is 0.351 e. The van der Waals surface area contributed by atoms with E-state index < -0.39 is 17.7 Å². The van der Waals surface area contributed by atoms with Gasteiger partial charge in [-0.2, -0.15) is 4.98 Å². The van der Waals surface area contributed by atoms with Gasteiger partial charge in [-0.25, -0.2) is 9.78 Å². The van der Waals surface area contributed by atoms with E-state index in [0.717, 1.165) is 0 Å². The fourth-order valence-electron chi connectivity index (χ4n) is 3.43. The van der Waals surface area contributed by atoms with E-state index in [1.54, 1.807) is 13.0 Å². The molecule has 1 atom stereocenters. The van der Waals surface area contributed by atoms with Crippen molar-refractivity contribution in [2.45, 2.75) is 25.2 Å². The summed E-state index contributed by atoms with van der Waals surface area (Å²) in [7, 11) is 2.79. The van der Waals surface area contributed by atoms with Gasteiger partial charge < -0.3 is 19.3 Å². The van der Waals surface area contributed by atoms with Gasteiger partial charge in [-0.05, 0) is 24.1 Å². The van der Waals surface area contributed by atoms with Crippen LogP contribution in [0.3, 0.4) is 0 Å². The van der Waals surface area contributed by atoms with E-state index in [1.165, 1.54) is 14.2 Å². The standard InChI is InChI=1S/C23H24N2O5/c1-16-14-19(15-26)25-22(24-16)30-20(21(27)28-2)23(29-3,17-10-6-4-7-11-17)18-12-8-5-9-13-18/h4-14,20,26H,15H2,1-3H3. The van der Waals surface area contributed by atoms with Gasteiger partial charge in [0.25, 0.3) is 0 Å². The quantitative estimate of drug-likeness (QED) is 0.573. The van der Waals surface area contributed by atoms with Gasteiger partial charge in [0.2, 0.25) is 6.10 Å². The van der Waals surface area contributed by atoms with Crippen LogP contribution >= 0.6 is 0 Å². The van der Waals surface area contributed by atoms with Crippen LogP contribution in [-0.2, 0) is 26.5 Å². The zero-order valence-corrected chi connectivity index (χ0v) is 17.1. The zero-order chi connectivity index (χ0) is 21.6. The Morgan fingerprint density at radius 1 is 1.00 bits per heavy atom. The Bertz CT molecular complexity index is 940. The van der Waals surface area contributed by atoms with E-state index in [1.807, 2.05) is 60.7 Å². The number of aliphatic hydroxyl groups is 1. The lowest BCUT2D eigenvalue weighted by Crippen LogP contribution is -2.51. The molecule has 0 fully saturated rings. The molecular weight excluding hydrogens is 384 g/mol. The summed E-state index contributed by atoms with van der Waals surface area (Å²) in [5.74, 6) is -0.653. The van der Waals surface area contributed by atoms with Crippen LogP contribution in [0.25, 0.3) is 0 Å². The predicted octanol–water partition coefficient (Wildman–Crippen LogP) is 2.79. The minimum Gasteiger partial charge on any atom is -0.466 e.